The maximum absolute atomic E-state index is 13.8. The van der Waals surface area contributed by atoms with Crippen molar-refractivity contribution in [3.63, 3.8) is 0 Å². The molecular weight excluding hydrogens is 410 g/mol. The van der Waals surface area contributed by atoms with E-state index < -0.39 is 5.54 Å². The van der Waals surface area contributed by atoms with Gasteiger partial charge in [0.25, 0.3) is 5.91 Å². The summed E-state index contributed by atoms with van der Waals surface area (Å²) < 4.78 is 2.06. The highest BCUT2D eigenvalue weighted by Gasteiger charge is 2.48. The van der Waals surface area contributed by atoms with E-state index in [0.29, 0.717) is 24.7 Å². The second-order valence-corrected chi connectivity index (χ2v) is 10.5. The van der Waals surface area contributed by atoms with Crippen molar-refractivity contribution < 1.29 is 9.59 Å². The molecule has 0 spiro atoms. The summed E-state index contributed by atoms with van der Waals surface area (Å²) >= 11 is 0. The van der Waals surface area contributed by atoms with Crippen molar-refractivity contribution in [2.45, 2.75) is 90.3 Å². The monoisotopic (exact) mass is 449 g/mol. The Bertz CT molecular complexity index is 957. The van der Waals surface area contributed by atoms with Gasteiger partial charge in [-0.15, -0.1) is 0 Å². The molecule has 1 aromatic heterocycles. The van der Waals surface area contributed by atoms with E-state index in [9.17, 15) is 9.59 Å². The van der Waals surface area contributed by atoms with Gasteiger partial charge in [0, 0.05) is 18.3 Å². The van der Waals surface area contributed by atoms with Gasteiger partial charge in [-0.05, 0) is 49.8 Å². The maximum Gasteiger partial charge on any atom is 0.271 e. The van der Waals surface area contributed by atoms with E-state index in [2.05, 4.69) is 35.9 Å². The summed E-state index contributed by atoms with van der Waals surface area (Å²) in [4.78, 5) is 29.4. The number of hydrogen-bond donors (Lipinski definition) is 1. The molecule has 2 heterocycles. The summed E-state index contributed by atoms with van der Waals surface area (Å²) in [5, 5.41) is 3.37. The van der Waals surface area contributed by atoms with E-state index in [-0.39, 0.29) is 17.9 Å². The summed E-state index contributed by atoms with van der Waals surface area (Å²) in [5.74, 6) is 0.409. The summed E-state index contributed by atoms with van der Waals surface area (Å²) in [6.07, 6.45) is 9.07. The Kier molecular flexibility index (Phi) is 7.26. The van der Waals surface area contributed by atoms with E-state index in [0.717, 1.165) is 43.4 Å². The lowest BCUT2D eigenvalue weighted by atomic mass is 9.91. The van der Waals surface area contributed by atoms with Crippen molar-refractivity contribution in [1.29, 1.82) is 0 Å². The Morgan fingerprint density at radius 3 is 2.30 bits per heavy atom. The number of aromatic nitrogens is 1. The molecule has 2 aromatic rings. The molecule has 1 atom stereocenters. The van der Waals surface area contributed by atoms with Gasteiger partial charge in [-0.2, -0.15) is 0 Å². The fourth-order valence-electron chi connectivity index (χ4n) is 5.31. The molecule has 1 saturated carbocycles. The van der Waals surface area contributed by atoms with Crippen LogP contribution in [-0.2, 0) is 11.3 Å². The highest BCUT2D eigenvalue weighted by molar-refractivity contribution is 6.00. The lowest BCUT2D eigenvalue weighted by molar-refractivity contribution is -0.133. The Labute approximate surface area is 198 Å². The minimum atomic E-state index is -0.913. The number of nitrogens with zero attached hydrogens (tertiary/aromatic N) is 2. The first-order chi connectivity index (χ1) is 15.9. The number of nitrogens with one attached hydrogen (secondary N) is 1. The summed E-state index contributed by atoms with van der Waals surface area (Å²) in [6, 6.07) is 14.3. The van der Waals surface area contributed by atoms with Gasteiger partial charge < -0.3 is 14.8 Å². The Morgan fingerprint density at radius 1 is 1.00 bits per heavy atom. The van der Waals surface area contributed by atoms with Crippen LogP contribution in [0.4, 0.5) is 0 Å². The first-order valence-electron chi connectivity index (χ1n) is 12.8. The number of rotatable bonds is 6. The minimum Gasteiger partial charge on any atom is -0.351 e. The van der Waals surface area contributed by atoms with Crippen molar-refractivity contribution in [1.82, 2.24) is 14.8 Å². The molecule has 1 aromatic carbocycles. The molecule has 0 radical (unpaired) electrons. The van der Waals surface area contributed by atoms with Crippen molar-refractivity contribution in [3.05, 3.63) is 48.2 Å². The second-order valence-electron chi connectivity index (χ2n) is 10.5. The van der Waals surface area contributed by atoms with Crippen LogP contribution in [0.1, 0.15) is 82.6 Å². The van der Waals surface area contributed by atoms with Crippen LogP contribution in [0.5, 0.6) is 0 Å². The molecule has 0 unspecified atom stereocenters. The predicted octanol–water partition coefficient (Wildman–Crippen LogP) is 5.64. The van der Waals surface area contributed by atoms with Gasteiger partial charge in [0.2, 0.25) is 5.91 Å². The number of benzene rings is 1. The molecule has 1 N–H and O–H groups in total. The summed E-state index contributed by atoms with van der Waals surface area (Å²) in [5.41, 5.74) is 1.82. The molecule has 1 fully saturated rings. The molecule has 0 bridgehead atoms. The largest absolute Gasteiger partial charge is 0.351 e. The highest BCUT2D eigenvalue weighted by atomic mass is 16.2. The lowest BCUT2D eigenvalue weighted by Crippen LogP contribution is -2.65. The SMILES string of the molecule is CC(C)CCN1C(=O)c2ccc(-c3ccccc3)n2C[C@@]1(C)C(=O)NC1CCCCCCC1. The van der Waals surface area contributed by atoms with Gasteiger partial charge in [-0.1, -0.05) is 76.3 Å². The average molecular weight is 450 g/mol. The molecule has 178 valence electrons. The molecule has 33 heavy (non-hydrogen) atoms. The van der Waals surface area contributed by atoms with Crippen molar-refractivity contribution in [2.24, 2.45) is 5.92 Å². The third kappa shape index (κ3) is 5.02. The zero-order valence-electron chi connectivity index (χ0n) is 20.5. The quantitative estimate of drug-likeness (QED) is 0.620. The van der Waals surface area contributed by atoms with Gasteiger partial charge in [0.1, 0.15) is 11.2 Å². The van der Waals surface area contributed by atoms with Crippen molar-refractivity contribution in [2.75, 3.05) is 6.54 Å². The Balaban J connectivity index is 1.66. The smallest absolute Gasteiger partial charge is 0.271 e. The molecule has 5 nitrogen and oxygen atoms in total. The van der Waals surface area contributed by atoms with Gasteiger partial charge in [-0.25, -0.2) is 0 Å². The first-order valence-corrected chi connectivity index (χ1v) is 12.8. The summed E-state index contributed by atoms with van der Waals surface area (Å²) in [6.45, 7) is 7.35. The molecular formula is C28H39N3O2. The van der Waals surface area contributed by atoms with Crippen LogP contribution in [0, 0.1) is 5.92 Å². The average Bonchev–Trinajstić information content (AvgIpc) is 3.19. The molecule has 1 aliphatic carbocycles. The number of fused-ring (bicyclic) bond motifs is 1. The Morgan fingerprint density at radius 2 is 1.64 bits per heavy atom. The normalized spacial score (nSPS) is 22.1. The number of carbonyl (C=O) groups is 2. The van der Waals surface area contributed by atoms with Crippen molar-refractivity contribution >= 4 is 11.8 Å². The van der Waals surface area contributed by atoms with Crippen LogP contribution in [0.2, 0.25) is 0 Å². The van der Waals surface area contributed by atoms with E-state index in [1.807, 2.05) is 42.2 Å². The Hall–Kier alpha value is -2.56. The van der Waals surface area contributed by atoms with Crippen LogP contribution in [-0.4, -0.2) is 39.4 Å². The molecule has 1 aliphatic heterocycles. The topological polar surface area (TPSA) is 54.3 Å². The highest BCUT2D eigenvalue weighted by Crippen LogP contribution is 2.34. The molecule has 0 saturated heterocycles. The molecule has 4 rings (SSSR count). The van der Waals surface area contributed by atoms with Crippen LogP contribution < -0.4 is 5.32 Å². The summed E-state index contributed by atoms with van der Waals surface area (Å²) in [7, 11) is 0. The van der Waals surface area contributed by atoms with Gasteiger partial charge in [0.05, 0.1) is 6.54 Å². The van der Waals surface area contributed by atoms with Gasteiger partial charge in [-0.3, -0.25) is 9.59 Å². The zero-order chi connectivity index (χ0) is 23.4. The molecule has 2 aliphatic rings. The third-order valence-corrected chi connectivity index (χ3v) is 7.44. The molecule has 5 heteroatoms. The molecule has 2 amide bonds. The predicted molar refractivity (Wildman–Crippen MR) is 133 cm³/mol. The van der Waals surface area contributed by atoms with E-state index in [1.54, 1.807) is 0 Å². The van der Waals surface area contributed by atoms with Crippen LogP contribution in [0.15, 0.2) is 42.5 Å². The van der Waals surface area contributed by atoms with Crippen LogP contribution in [0.3, 0.4) is 0 Å². The van der Waals surface area contributed by atoms with E-state index >= 15 is 0 Å². The fourth-order valence-corrected chi connectivity index (χ4v) is 5.31. The van der Waals surface area contributed by atoms with Crippen LogP contribution in [0.25, 0.3) is 11.3 Å². The number of hydrogen-bond acceptors (Lipinski definition) is 2. The fraction of sp³-hybridized carbons (Fsp3) is 0.571. The van der Waals surface area contributed by atoms with Gasteiger partial charge >= 0.3 is 0 Å². The zero-order valence-corrected chi connectivity index (χ0v) is 20.5. The second kappa shape index (κ2) is 10.1. The van der Waals surface area contributed by atoms with Gasteiger partial charge in [0.15, 0.2) is 0 Å². The van der Waals surface area contributed by atoms with E-state index in [4.69, 9.17) is 0 Å². The maximum atomic E-state index is 13.8. The van der Waals surface area contributed by atoms with Crippen molar-refractivity contribution in [3.8, 4) is 11.3 Å². The standard InChI is InChI=1S/C28H39N3O2/c1-21(2)18-19-31-26(32)25-17-16-24(22-12-8-7-9-13-22)30(25)20-28(31,3)27(33)29-23-14-10-5-4-6-11-15-23/h7-9,12-13,16-17,21,23H,4-6,10-11,14-15,18-20H2,1-3H3,(H,29,33)/t28-/m0/s1. The van der Waals surface area contributed by atoms with E-state index in [1.165, 1.54) is 19.3 Å². The number of amides is 2. The van der Waals surface area contributed by atoms with Crippen LogP contribution >= 0.6 is 0 Å². The minimum absolute atomic E-state index is 0.0106. The third-order valence-electron chi connectivity index (χ3n) is 7.44. The number of carbonyl (C=O) groups excluding carboxylic acids is 2. The lowest BCUT2D eigenvalue weighted by Gasteiger charge is -2.45. The first kappa shape index (κ1) is 23.6.